The number of hydrogen-bond acceptors (Lipinski definition) is 4. The SMILES string of the molecule is Cc1cc(C(=O)Cc2cc(Cl)cc(CN3CCN(C(=O)C4CCCC4)[C@@H](C)C3)c2C)ccn1. The molecule has 2 fully saturated rings. The van der Waals surface area contributed by atoms with Crippen LogP contribution < -0.4 is 0 Å². The number of aromatic nitrogens is 1. The number of benzene rings is 1. The van der Waals surface area contributed by atoms with E-state index in [1.165, 1.54) is 12.8 Å². The summed E-state index contributed by atoms with van der Waals surface area (Å²) >= 11 is 6.47. The van der Waals surface area contributed by atoms with Gasteiger partial charge in [-0.25, -0.2) is 0 Å². The molecular weight excluding hydrogens is 434 g/mol. The molecular formula is C27H34ClN3O2. The zero-order valence-corrected chi connectivity index (χ0v) is 20.7. The third-order valence-corrected chi connectivity index (χ3v) is 7.47. The topological polar surface area (TPSA) is 53.5 Å². The number of rotatable bonds is 6. The first-order valence-corrected chi connectivity index (χ1v) is 12.5. The van der Waals surface area contributed by atoms with E-state index in [4.69, 9.17) is 11.6 Å². The molecule has 5 nitrogen and oxygen atoms in total. The zero-order chi connectivity index (χ0) is 23.5. The molecule has 4 rings (SSSR count). The molecule has 1 aromatic heterocycles. The zero-order valence-electron chi connectivity index (χ0n) is 19.9. The highest BCUT2D eigenvalue weighted by Crippen LogP contribution is 2.29. The molecule has 2 aliphatic rings. The van der Waals surface area contributed by atoms with Crippen LogP contribution in [-0.4, -0.2) is 52.2 Å². The van der Waals surface area contributed by atoms with Crippen molar-refractivity contribution in [1.29, 1.82) is 0 Å². The molecule has 0 N–H and O–H groups in total. The molecule has 176 valence electrons. The number of aryl methyl sites for hydroxylation is 1. The van der Waals surface area contributed by atoms with E-state index in [0.717, 1.165) is 61.4 Å². The maximum atomic E-state index is 12.9. The summed E-state index contributed by atoms with van der Waals surface area (Å²) in [4.78, 5) is 34.5. The van der Waals surface area contributed by atoms with E-state index < -0.39 is 0 Å². The number of halogens is 1. The number of nitrogens with zero attached hydrogens (tertiary/aromatic N) is 3. The molecule has 1 aromatic carbocycles. The quantitative estimate of drug-likeness (QED) is 0.561. The van der Waals surface area contributed by atoms with Crippen molar-refractivity contribution in [3.05, 3.63) is 63.4 Å². The first kappa shape index (κ1) is 23.9. The van der Waals surface area contributed by atoms with Crippen LogP contribution in [0, 0.1) is 19.8 Å². The Morgan fingerprint density at radius 1 is 1.09 bits per heavy atom. The summed E-state index contributed by atoms with van der Waals surface area (Å²) in [5, 5.41) is 0.660. The second kappa shape index (κ2) is 10.4. The summed E-state index contributed by atoms with van der Waals surface area (Å²) in [6, 6.07) is 7.73. The molecule has 1 amide bonds. The van der Waals surface area contributed by atoms with Crippen molar-refractivity contribution in [2.75, 3.05) is 19.6 Å². The Morgan fingerprint density at radius 3 is 2.52 bits per heavy atom. The monoisotopic (exact) mass is 467 g/mol. The number of piperazine rings is 1. The molecule has 2 heterocycles. The van der Waals surface area contributed by atoms with Crippen molar-refractivity contribution in [2.45, 2.75) is 65.5 Å². The van der Waals surface area contributed by atoms with Gasteiger partial charge in [-0.15, -0.1) is 0 Å². The molecule has 33 heavy (non-hydrogen) atoms. The summed E-state index contributed by atoms with van der Waals surface area (Å²) in [7, 11) is 0. The molecule has 0 bridgehead atoms. The lowest BCUT2D eigenvalue weighted by molar-refractivity contribution is -0.140. The highest BCUT2D eigenvalue weighted by Gasteiger charge is 2.33. The summed E-state index contributed by atoms with van der Waals surface area (Å²) < 4.78 is 0. The van der Waals surface area contributed by atoms with Crippen molar-refractivity contribution < 1.29 is 9.59 Å². The first-order chi connectivity index (χ1) is 15.8. The fourth-order valence-electron chi connectivity index (χ4n) is 5.29. The van der Waals surface area contributed by atoms with Crippen molar-refractivity contribution >= 4 is 23.3 Å². The van der Waals surface area contributed by atoms with E-state index in [1.54, 1.807) is 12.3 Å². The Morgan fingerprint density at radius 2 is 1.82 bits per heavy atom. The Hall–Kier alpha value is -2.24. The third kappa shape index (κ3) is 5.64. The van der Waals surface area contributed by atoms with Crippen LogP contribution in [0.3, 0.4) is 0 Å². The van der Waals surface area contributed by atoms with Gasteiger partial charge in [-0.2, -0.15) is 0 Å². The van der Waals surface area contributed by atoms with Crippen LogP contribution in [0.15, 0.2) is 30.5 Å². The number of pyridine rings is 1. The summed E-state index contributed by atoms with van der Waals surface area (Å²) in [6.45, 7) is 9.40. The average molecular weight is 468 g/mol. The van der Waals surface area contributed by atoms with Crippen molar-refractivity contribution in [2.24, 2.45) is 5.92 Å². The van der Waals surface area contributed by atoms with E-state index >= 15 is 0 Å². The molecule has 0 spiro atoms. The summed E-state index contributed by atoms with van der Waals surface area (Å²) in [5.41, 5.74) is 4.76. The van der Waals surface area contributed by atoms with Gasteiger partial charge in [0.2, 0.25) is 5.91 Å². The number of hydrogen-bond donors (Lipinski definition) is 0. The standard InChI is InChI=1S/C27H34ClN3O2/c1-18-12-22(8-9-29-18)26(32)15-23-13-25(28)14-24(20(23)3)17-30-10-11-31(19(2)16-30)27(33)21-6-4-5-7-21/h8-9,12-14,19,21H,4-7,10-11,15-17H2,1-3H3/t19-/m0/s1. The fraction of sp³-hybridized carbons (Fsp3) is 0.519. The Bertz CT molecular complexity index is 1030. The lowest BCUT2D eigenvalue weighted by atomic mass is 9.95. The molecule has 2 aromatic rings. The van der Waals surface area contributed by atoms with Gasteiger partial charge in [-0.3, -0.25) is 19.5 Å². The van der Waals surface area contributed by atoms with Gasteiger partial charge >= 0.3 is 0 Å². The second-order valence-corrected chi connectivity index (χ2v) is 10.2. The number of amides is 1. The van der Waals surface area contributed by atoms with E-state index in [9.17, 15) is 9.59 Å². The van der Waals surface area contributed by atoms with Gasteiger partial charge < -0.3 is 4.90 Å². The van der Waals surface area contributed by atoms with Crippen LogP contribution in [0.2, 0.25) is 5.02 Å². The average Bonchev–Trinajstić information content (AvgIpc) is 3.31. The Balaban J connectivity index is 1.43. The number of carbonyl (C=O) groups excluding carboxylic acids is 2. The minimum absolute atomic E-state index is 0.0736. The minimum atomic E-state index is 0.0736. The molecule has 0 radical (unpaired) electrons. The number of ketones is 1. The molecule has 1 atom stereocenters. The van der Waals surface area contributed by atoms with Gasteiger partial charge in [0.05, 0.1) is 0 Å². The van der Waals surface area contributed by atoms with Crippen LogP contribution in [0.1, 0.15) is 65.3 Å². The van der Waals surface area contributed by atoms with Gasteiger partial charge in [0.25, 0.3) is 0 Å². The maximum absolute atomic E-state index is 12.9. The van der Waals surface area contributed by atoms with E-state index in [2.05, 4.69) is 28.6 Å². The summed E-state index contributed by atoms with van der Waals surface area (Å²) in [5.74, 6) is 0.661. The molecule has 1 aliphatic heterocycles. The van der Waals surface area contributed by atoms with E-state index in [-0.39, 0.29) is 17.7 Å². The predicted molar refractivity (Wildman–Crippen MR) is 132 cm³/mol. The smallest absolute Gasteiger partial charge is 0.226 e. The molecule has 1 saturated heterocycles. The molecule has 6 heteroatoms. The van der Waals surface area contributed by atoms with Gasteiger partial charge in [0, 0.05) is 67.0 Å². The van der Waals surface area contributed by atoms with Crippen LogP contribution in [0.5, 0.6) is 0 Å². The number of Topliss-reactive ketones (excluding diaryl/α,β-unsaturated/α-hetero) is 1. The maximum Gasteiger partial charge on any atom is 0.226 e. The fourth-order valence-corrected chi connectivity index (χ4v) is 5.55. The molecule has 0 unspecified atom stereocenters. The van der Waals surface area contributed by atoms with E-state index in [1.807, 2.05) is 25.1 Å². The van der Waals surface area contributed by atoms with E-state index in [0.29, 0.717) is 22.9 Å². The minimum Gasteiger partial charge on any atom is -0.337 e. The van der Waals surface area contributed by atoms with Crippen LogP contribution in [0.4, 0.5) is 0 Å². The van der Waals surface area contributed by atoms with Crippen LogP contribution in [-0.2, 0) is 17.8 Å². The highest BCUT2D eigenvalue weighted by molar-refractivity contribution is 6.30. The van der Waals surface area contributed by atoms with Crippen LogP contribution in [0.25, 0.3) is 0 Å². The van der Waals surface area contributed by atoms with Crippen molar-refractivity contribution in [3.63, 3.8) is 0 Å². The van der Waals surface area contributed by atoms with Crippen molar-refractivity contribution in [3.8, 4) is 0 Å². The van der Waals surface area contributed by atoms with Gasteiger partial charge in [-0.1, -0.05) is 24.4 Å². The lowest BCUT2D eigenvalue weighted by Gasteiger charge is -2.41. The van der Waals surface area contributed by atoms with Gasteiger partial charge in [0.1, 0.15) is 0 Å². The predicted octanol–water partition coefficient (Wildman–Crippen LogP) is 5.00. The Kier molecular flexibility index (Phi) is 7.50. The van der Waals surface area contributed by atoms with Crippen LogP contribution >= 0.6 is 11.6 Å². The normalized spacial score (nSPS) is 19.8. The molecule has 1 aliphatic carbocycles. The Labute approximate surface area is 202 Å². The number of carbonyl (C=O) groups is 2. The third-order valence-electron chi connectivity index (χ3n) is 7.25. The molecule has 1 saturated carbocycles. The summed E-state index contributed by atoms with van der Waals surface area (Å²) in [6.07, 6.45) is 6.47. The van der Waals surface area contributed by atoms with Crippen molar-refractivity contribution in [1.82, 2.24) is 14.8 Å². The lowest BCUT2D eigenvalue weighted by Crippen LogP contribution is -2.54. The largest absolute Gasteiger partial charge is 0.337 e. The van der Waals surface area contributed by atoms with Gasteiger partial charge in [-0.05, 0) is 74.6 Å². The highest BCUT2D eigenvalue weighted by atomic mass is 35.5. The second-order valence-electron chi connectivity index (χ2n) is 9.73. The van der Waals surface area contributed by atoms with Gasteiger partial charge in [0.15, 0.2) is 5.78 Å². The first-order valence-electron chi connectivity index (χ1n) is 12.1.